The van der Waals surface area contributed by atoms with Gasteiger partial charge in [-0.25, -0.2) is 0 Å². The Labute approximate surface area is 130 Å². The number of halogens is 3. The number of quaternary nitrogens is 1. The minimum absolute atomic E-state index is 0.563. The molecule has 0 bridgehead atoms. The van der Waals surface area contributed by atoms with Crippen molar-refractivity contribution in [2.75, 3.05) is 40.4 Å². The minimum Gasteiger partial charge on any atom is -0.756 e. The van der Waals surface area contributed by atoms with Crippen LogP contribution in [-0.2, 0) is 13.6 Å². The van der Waals surface area contributed by atoms with Crippen molar-refractivity contribution in [3.63, 3.8) is 0 Å². The molecular weight excluding hydrogens is 335 g/mol. The van der Waals surface area contributed by atoms with Crippen LogP contribution >= 0.6 is 42.6 Å². The Kier molecular flexibility index (Phi) is 11.5. The van der Waals surface area contributed by atoms with Crippen molar-refractivity contribution in [1.29, 1.82) is 0 Å². The molecule has 9 heteroatoms. The van der Waals surface area contributed by atoms with Gasteiger partial charge >= 0.3 is 0 Å². The van der Waals surface area contributed by atoms with Crippen molar-refractivity contribution in [3.8, 4) is 0 Å². The summed E-state index contributed by atoms with van der Waals surface area (Å²) in [6.45, 7) is 9.94. The molecular formula is C10H23Cl3NO4P. The number of alkyl halides is 3. The molecule has 0 aliphatic carbocycles. The monoisotopic (exact) mass is 357 g/mol. The first-order chi connectivity index (χ1) is 8.45. The summed E-state index contributed by atoms with van der Waals surface area (Å²) < 4.78 is 18.0. The van der Waals surface area contributed by atoms with E-state index < -0.39 is 18.2 Å². The quantitative estimate of drug-likeness (QED) is 0.416. The van der Waals surface area contributed by atoms with Crippen LogP contribution in [0, 0.1) is 0 Å². The molecule has 5 nitrogen and oxygen atoms in total. The van der Waals surface area contributed by atoms with E-state index in [2.05, 4.69) is 36.9 Å². The van der Waals surface area contributed by atoms with Gasteiger partial charge in [-0.15, -0.1) is 0 Å². The van der Waals surface area contributed by atoms with Crippen LogP contribution in [0.4, 0.5) is 0 Å². The zero-order chi connectivity index (χ0) is 15.7. The fraction of sp³-hybridized carbons (Fsp3) is 1.00. The molecule has 0 fully saturated rings. The molecule has 0 radical (unpaired) electrons. The van der Waals surface area contributed by atoms with E-state index in [9.17, 15) is 9.46 Å². The molecule has 0 heterocycles. The average Bonchev–Trinajstić information content (AvgIpc) is 2.36. The third-order valence-corrected chi connectivity index (χ3v) is 4.12. The van der Waals surface area contributed by atoms with Crippen molar-refractivity contribution >= 4 is 42.6 Å². The van der Waals surface area contributed by atoms with Gasteiger partial charge in [0.15, 0.2) is 0 Å². The van der Waals surface area contributed by atoms with Crippen LogP contribution in [0.15, 0.2) is 0 Å². The summed E-state index contributed by atoms with van der Waals surface area (Å²) in [4.78, 5) is 10.5. The number of rotatable bonds is 6. The second-order valence-corrected chi connectivity index (χ2v) is 8.12. The molecule has 0 N–H and O–H groups in total. The second-order valence-electron chi connectivity index (χ2n) is 4.09. The maximum Gasteiger partial charge on any atom is 0.267 e. The number of phosphoric acid groups is 1. The van der Waals surface area contributed by atoms with Crippen LogP contribution in [-0.4, -0.2) is 48.7 Å². The Balaban J connectivity index is 0. The molecule has 0 amide bonds. The Hall–Kier alpha value is 0.940. The molecule has 0 saturated carbocycles. The van der Waals surface area contributed by atoms with Gasteiger partial charge in [0.1, 0.15) is 6.61 Å². The van der Waals surface area contributed by atoms with Crippen molar-refractivity contribution in [2.24, 2.45) is 0 Å². The largest absolute Gasteiger partial charge is 0.756 e. The summed E-state index contributed by atoms with van der Waals surface area (Å²) >= 11 is 15.6. The number of phosphoric ester groups is 1. The van der Waals surface area contributed by atoms with Gasteiger partial charge in [0.2, 0.25) is 3.79 Å². The van der Waals surface area contributed by atoms with E-state index in [1.165, 1.54) is 24.1 Å². The molecule has 1 unspecified atom stereocenters. The second kappa shape index (κ2) is 9.80. The normalized spacial score (nSPS) is 15.4. The summed E-state index contributed by atoms with van der Waals surface area (Å²) in [5, 5.41) is 0. The lowest BCUT2D eigenvalue weighted by atomic mass is 10.4. The predicted octanol–water partition coefficient (Wildman–Crippen LogP) is 2.98. The van der Waals surface area contributed by atoms with Gasteiger partial charge in [-0.2, -0.15) is 0 Å². The zero-order valence-corrected chi connectivity index (χ0v) is 15.2. The maximum absolute atomic E-state index is 10.5. The number of hydrogen-bond acceptors (Lipinski definition) is 4. The number of nitrogens with zero attached hydrogens (tertiary/aromatic N) is 1. The lowest BCUT2D eigenvalue weighted by Gasteiger charge is -2.30. The van der Waals surface area contributed by atoms with Gasteiger partial charge in [-0.1, -0.05) is 34.8 Å². The van der Waals surface area contributed by atoms with Crippen LogP contribution in [0.25, 0.3) is 0 Å². The molecule has 118 valence electrons. The van der Waals surface area contributed by atoms with Gasteiger partial charge in [-0.3, -0.25) is 4.57 Å². The smallest absolute Gasteiger partial charge is 0.267 e. The van der Waals surface area contributed by atoms with Crippen molar-refractivity contribution in [2.45, 2.75) is 24.6 Å². The highest BCUT2D eigenvalue weighted by Crippen LogP contribution is 2.40. The average molecular weight is 359 g/mol. The fourth-order valence-corrected chi connectivity index (χ4v) is 1.72. The molecule has 0 aromatic carbocycles. The Morgan fingerprint density at radius 1 is 1.16 bits per heavy atom. The molecule has 1 atom stereocenters. The Morgan fingerprint density at radius 3 is 1.68 bits per heavy atom. The summed E-state index contributed by atoms with van der Waals surface area (Å²) in [6.07, 6.45) is 0. The van der Waals surface area contributed by atoms with Gasteiger partial charge < -0.3 is 18.4 Å². The topological polar surface area (TPSA) is 58.6 Å². The summed E-state index contributed by atoms with van der Waals surface area (Å²) in [5.74, 6) is 0. The highest BCUT2D eigenvalue weighted by atomic mass is 35.6. The lowest BCUT2D eigenvalue weighted by molar-refractivity contribution is -0.904. The van der Waals surface area contributed by atoms with Crippen LogP contribution in [0.5, 0.6) is 0 Å². The van der Waals surface area contributed by atoms with E-state index >= 15 is 0 Å². The van der Waals surface area contributed by atoms with Crippen molar-refractivity contribution < 1.29 is 23.0 Å². The molecule has 0 aromatic heterocycles. The molecule has 0 aliphatic rings. The summed E-state index contributed by atoms with van der Waals surface area (Å²) in [6, 6.07) is 0. The van der Waals surface area contributed by atoms with Crippen LogP contribution in [0.2, 0.25) is 0 Å². The first kappa shape index (κ1) is 22.2. The standard InChI is InChI=1S/C7H18N.C3H6Cl3O4P/c1-5-8(4,6-2)7-3;1-9-11(7,8)10-2-3(4,5)6/h5-7H2,1-4H3;2H2,1H3,(H,7,8)/q+1;/p-1. The van der Waals surface area contributed by atoms with E-state index in [1.807, 2.05) is 0 Å². The molecule has 0 rings (SSSR count). The fourth-order valence-electron chi connectivity index (χ4n) is 0.876. The molecule has 19 heavy (non-hydrogen) atoms. The highest BCUT2D eigenvalue weighted by molar-refractivity contribution is 7.45. The van der Waals surface area contributed by atoms with E-state index in [-0.39, 0.29) is 0 Å². The Bertz CT molecular complexity index is 274. The molecule has 0 aromatic rings. The van der Waals surface area contributed by atoms with Crippen molar-refractivity contribution in [3.05, 3.63) is 0 Å². The van der Waals surface area contributed by atoms with Crippen LogP contribution in [0.1, 0.15) is 20.8 Å². The van der Waals surface area contributed by atoms with E-state index in [0.29, 0.717) is 0 Å². The minimum atomic E-state index is -4.27. The van der Waals surface area contributed by atoms with Crippen LogP contribution < -0.4 is 4.89 Å². The third-order valence-electron chi connectivity index (χ3n) is 2.90. The van der Waals surface area contributed by atoms with Gasteiger partial charge in [-0.05, 0) is 20.8 Å². The zero-order valence-electron chi connectivity index (χ0n) is 12.0. The van der Waals surface area contributed by atoms with E-state index in [1.54, 1.807) is 0 Å². The molecule has 0 aliphatic heterocycles. The predicted molar refractivity (Wildman–Crippen MR) is 78.7 cm³/mol. The highest BCUT2D eigenvalue weighted by Gasteiger charge is 2.22. The summed E-state index contributed by atoms with van der Waals surface area (Å²) in [5.41, 5.74) is 0. The first-order valence-corrected chi connectivity index (χ1v) is 8.46. The van der Waals surface area contributed by atoms with E-state index in [4.69, 9.17) is 34.8 Å². The van der Waals surface area contributed by atoms with Crippen LogP contribution in [0.3, 0.4) is 0 Å². The van der Waals surface area contributed by atoms with Crippen molar-refractivity contribution in [1.82, 2.24) is 0 Å². The molecule has 0 saturated heterocycles. The van der Waals surface area contributed by atoms with Gasteiger partial charge in [0.05, 0.1) is 26.7 Å². The van der Waals surface area contributed by atoms with Gasteiger partial charge in [0, 0.05) is 7.11 Å². The molecule has 0 spiro atoms. The maximum atomic E-state index is 10.5. The Morgan fingerprint density at radius 2 is 1.53 bits per heavy atom. The van der Waals surface area contributed by atoms with E-state index in [0.717, 1.165) is 7.11 Å². The third kappa shape index (κ3) is 13.7. The van der Waals surface area contributed by atoms with Gasteiger partial charge in [0.25, 0.3) is 7.82 Å². The summed E-state index contributed by atoms with van der Waals surface area (Å²) in [7, 11) is -1.03. The number of hydrogen-bond donors (Lipinski definition) is 0. The SMILES string of the molecule is CC[N+](C)(CC)CC.COP(=O)([O-])OCC(Cl)(Cl)Cl. The first-order valence-electron chi connectivity index (χ1n) is 5.86. The lowest BCUT2D eigenvalue weighted by Crippen LogP contribution is -2.42.